The summed E-state index contributed by atoms with van der Waals surface area (Å²) in [7, 11) is -5.23. The molecule has 0 radical (unpaired) electrons. The molecule has 1 aromatic carbocycles. The van der Waals surface area contributed by atoms with Gasteiger partial charge in [0.15, 0.2) is 28.2 Å². The minimum Gasteiger partial charge on any atom is -0.394 e. The predicted octanol–water partition coefficient (Wildman–Crippen LogP) is 0.404. The van der Waals surface area contributed by atoms with Crippen molar-refractivity contribution in [3.8, 4) is 0 Å². The van der Waals surface area contributed by atoms with E-state index in [9.17, 15) is 30.4 Å². The molecule has 0 aliphatic carbocycles. The fourth-order valence-corrected chi connectivity index (χ4v) is 2.84. The van der Waals surface area contributed by atoms with E-state index in [0.29, 0.717) is 0 Å². The Bertz CT molecular complexity index is 631. The Labute approximate surface area is 116 Å². The maximum Gasteiger partial charge on any atom is 0.247 e. The van der Waals surface area contributed by atoms with Gasteiger partial charge in [-0.2, -0.15) is 0 Å². The molecule has 0 aromatic heterocycles. The molecule has 0 spiro atoms. The van der Waals surface area contributed by atoms with Crippen molar-refractivity contribution in [2.75, 3.05) is 13.2 Å². The highest BCUT2D eigenvalue weighted by Gasteiger charge is 2.37. The van der Waals surface area contributed by atoms with E-state index in [1.807, 2.05) is 0 Å². The molecule has 0 amide bonds. The Morgan fingerprint density at radius 1 is 0.905 bits per heavy atom. The molecular formula is C10H10F5NO4S. The number of halogens is 5. The highest BCUT2D eigenvalue weighted by molar-refractivity contribution is 7.89. The van der Waals surface area contributed by atoms with Gasteiger partial charge in [-0.3, -0.25) is 0 Å². The monoisotopic (exact) mass is 335 g/mol. The third kappa shape index (κ3) is 3.15. The normalized spacial score (nSPS) is 12.8. The van der Waals surface area contributed by atoms with Gasteiger partial charge in [0.25, 0.3) is 0 Å². The highest BCUT2D eigenvalue weighted by atomic mass is 32.2. The van der Waals surface area contributed by atoms with Crippen LogP contribution in [0.2, 0.25) is 0 Å². The SMILES string of the molecule is CC(CO)(CO)NS(=O)(=O)c1c(F)c(F)c(F)c(F)c1F. The third-order valence-corrected chi connectivity index (χ3v) is 4.17. The molecule has 0 aliphatic rings. The van der Waals surface area contributed by atoms with E-state index in [1.54, 1.807) is 0 Å². The predicted molar refractivity (Wildman–Crippen MR) is 59.1 cm³/mol. The fraction of sp³-hybridized carbons (Fsp3) is 0.400. The van der Waals surface area contributed by atoms with Gasteiger partial charge >= 0.3 is 0 Å². The van der Waals surface area contributed by atoms with Crippen LogP contribution in [0.5, 0.6) is 0 Å². The first-order chi connectivity index (χ1) is 9.50. The summed E-state index contributed by atoms with van der Waals surface area (Å²) in [4.78, 5) is -2.09. The molecule has 0 saturated heterocycles. The molecule has 1 aromatic rings. The van der Waals surface area contributed by atoms with Crippen LogP contribution in [0.15, 0.2) is 4.90 Å². The quantitative estimate of drug-likeness (QED) is 0.413. The van der Waals surface area contributed by atoms with Gasteiger partial charge in [-0.05, 0) is 6.92 Å². The Kier molecular flexibility index (Phi) is 4.93. The lowest BCUT2D eigenvalue weighted by molar-refractivity contribution is 0.121. The second kappa shape index (κ2) is 5.83. The molecule has 5 nitrogen and oxygen atoms in total. The molecule has 21 heavy (non-hydrogen) atoms. The summed E-state index contributed by atoms with van der Waals surface area (Å²) < 4.78 is 90.6. The topological polar surface area (TPSA) is 86.6 Å². The van der Waals surface area contributed by atoms with Crippen molar-refractivity contribution in [2.24, 2.45) is 0 Å². The van der Waals surface area contributed by atoms with Gasteiger partial charge in [0.05, 0.1) is 18.8 Å². The fourth-order valence-electron chi connectivity index (χ4n) is 1.31. The van der Waals surface area contributed by atoms with Crippen LogP contribution in [0.4, 0.5) is 22.0 Å². The van der Waals surface area contributed by atoms with Gasteiger partial charge in [-0.25, -0.2) is 35.1 Å². The maximum atomic E-state index is 13.4. The maximum absolute atomic E-state index is 13.4. The van der Waals surface area contributed by atoms with Crippen LogP contribution in [-0.2, 0) is 10.0 Å². The van der Waals surface area contributed by atoms with E-state index in [4.69, 9.17) is 10.2 Å². The molecule has 3 N–H and O–H groups in total. The van der Waals surface area contributed by atoms with Gasteiger partial charge < -0.3 is 10.2 Å². The molecule has 0 bridgehead atoms. The van der Waals surface area contributed by atoms with E-state index >= 15 is 0 Å². The first-order valence-electron chi connectivity index (χ1n) is 5.28. The van der Waals surface area contributed by atoms with E-state index in [1.165, 1.54) is 4.72 Å². The number of hydrogen-bond donors (Lipinski definition) is 3. The van der Waals surface area contributed by atoms with E-state index in [-0.39, 0.29) is 0 Å². The van der Waals surface area contributed by atoms with Crippen molar-refractivity contribution >= 4 is 10.0 Å². The molecule has 120 valence electrons. The van der Waals surface area contributed by atoms with E-state index in [2.05, 4.69) is 0 Å². The zero-order valence-corrected chi connectivity index (χ0v) is 11.2. The smallest absolute Gasteiger partial charge is 0.247 e. The van der Waals surface area contributed by atoms with Gasteiger partial charge in [0, 0.05) is 0 Å². The van der Waals surface area contributed by atoms with Crippen LogP contribution in [0.3, 0.4) is 0 Å². The molecule has 0 heterocycles. The molecule has 0 saturated carbocycles. The standard InChI is InChI=1S/C10H10F5NO4S/c1-10(2-17,3-18)16-21(19,20)9-7(14)5(12)4(11)6(13)8(9)15/h16-18H,2-3H2,1H3. The number of hydrogen-bond acceptors (Lipinski definition) is 4. The first-order valence-corrected chi connectivity index (χ1v) is 6.76. The number of benzene rings is 1. The van der Waals surface area contributed by atoms with Crippen molar-refractivity contribution in [3.63, 3.8) is 0 Å². The molecular weight excluding hydrogens is 325 g/mol. The van der Waals surface area contributed by atoms with Crippen LogP contribution < -0.4 is 4.72 Å². The lowest BCUT2D eigenvalue weighted by Gasteiger charge is -2.26. The van der Waals surface area contributed by atoms with Crippen molar-refractivity contribution < 1.29 is 40.6 Å². The van der Waals surface area contributed by atoms with Crippen LogP contribution in [-0.4, -0.2) is 37.4 Å². The molecule has 0 fully saturated rings. The molecule has 1 rings (SSSR count). The first kappa shape index (κ1) is 17.8. The number of sulfonamides is 1. The average Bonchev–Trinajstić information content (AvgIpc) is 2.42. The number of aliphatic hydroxyl groups is 2. The van der Waals surface area contributed by atoms with Crippen molar-refractivity contribution in [1.29, 1.82) is 0 Å². The number of rotatable bonds is 5. The zero-order chi connectivity index (χ0) is 16.6. The Morgan fingerprint density at radius 2 is 1.24 bits per heavy atom. The summed E-state index contributed by atoms with van der Waals surface area (Å²) in [6, 6.07) is 0. The summed E-state index contributed by atoms with van der Waals surface area (Å²) in [5.74, 6) is -12.4. The molecule has 11 heteroatoms. The molecule has 0 aliphatic heterocycles. The zero-order valence-electron chi connectivity index (χ0n) is 10.4. The summed E-state index contributed by atoms with van der Waals surface area (Å²) in [6.07, 6.45) is 0. The minimum atomic E-state index is -5.23. The third-order valence-electron chi connectivity index (χ3n) is 2.52. The second-order valence-corrected chi connectivity index (χ2v) is 6.00. The van der Waals surface area contributed by atoms with Gasteiger partial charge in [-0.15, -0.1) is 0 Å². The number of aliphatic hydroxyl groups excluding tert-OH is 2. The summed E-state index contributed by atoms with van der Waals surface area (Å²) in [5, 5.41) is 17.8. The van der Waals surface area contributed by atoms with Crippen LogP contribution in [0, 0.1) is 29.1 Å². The van der Waals surface area contributed by atoms with Crippen molar-refractivity contribution in [3.05, 3.63) is 29.1 Å². The Balaban J connectivity index is 3.54. The molecule has 0 unspecified atom stereocenters. The van der Waals surface area contributed by atoms with Crippen molar-refractivity contribution in [1.82, 2.24) is 4.72 Å². The largest absolute Gasteiger partial charge is 0.394 e. The second-order valence-electron chi connectivity index (χ2n) is 4.38. The summed E-state index contributed by atoms with van der Waals surface area (Å²) in [5.41, 5.74) is -1.96. The van der Waals surface area contributed by atoms with Gasteiger partial charge in [0.2, 0.25) is 15.8 Å². The molecule has 0 atom stereocenters. The Morgan fingerprint density at radius 3 is 1.57 bits per heavy atom. The summed E-state index contributed by atoms with van der Waals surface area (Å²) >= 11 is 0. The lowest BCUT2D eigenvalue weighted by Crippen LogP contribution is -2.52. The van der Waals surface area contributed by atoms with Gasteiger partial charge in [-0.1, -0.05) is 0 Å². The number of nitrogens with one attached hydrogen (secondary N) is 1. The highest BCUT2D eigenvalue weighted by Crippen LogP contribution is 2.27. The van der Waals surface area contributed by atoms with Crippen LogP contribution in [0.25, 0.3) is 0 Å². The van der Waals surface area contributed by atoms with E-state index in [0.717, 1.165) is 6.92 Å². The Hall–Kier alpha value is -1.30. The minimum absolute atomic E-state index is 0.955. The summed E-state index contributed by atoms with van der Waals surface area (Å²) in [6.45, 7) is -1.02. The average molecular weight is 335 g/mol. The van der Waals surface area contributed by atoms with Crippen molar-refractivity contribution in [2.45, 2.75) is 17.4 Å². The van der Waals surface area contributed by atoms with Gasteiger partial charge in [0.1, 0.15) is 0 Å². The van der Waals surface area contributed by atoms with Crippen LogP contribution >= 0.6 is 0 Å². The van der Waals surface area contributed by atoms with E-state index < -0.39 is 62.8 Å². The lowest BCUT2D eigenvalue weighted by atomic mass is 10.1. The van der Waals surface area contributed by atoms with Crippen LogP contribution in [0.1, 0.15) is 6.92 Å².